The summed E-state index contributed by atoms with van der Waals surface area (Å²) >= 11 is 1.30. The number of rotatable bonds is 6. The van der Waals surface area contributed by atoms with Crippen LogP contribution < -0.4 is 10.9 Å². The van der Waals surface area contributed by atoms with Gasteiger partial charge in [0, 0.05) is 17.8 Å². The lowest BCUT2D eigenvalue weighted by Gasteiger charge is -2.13. The van der Waals surface area contributed by atoms with Gasteiger partial charge in [-0.3, -0.25) is 9.78 Å². The molecule has 7 nitrogen and oxygen atoms in total. The van der Waals surface area contributed by atoms with E-state index in [4.69, 9.17) is 5.11 Å². The number of aliphatic hydroxyl groups excluding tert-OH is 2. The standard InChI is InChI=1S/C13H16N4O3S/c1-21-13-15-12(20)11(16-17-13)9-4-2-3-5-10(9)14-6-8(19)7-18/h2-5,8,14,18-19H,6-7H2,1H3,(H,15,17,20). The number of hydrogen-bond donors (Lipinski definition) is 4. The number of para-hydroxylation sites is 1. The van der Waals surface area contributed by atoms with Crippen LogP contribution in [0, 0.1) is 0 Å². The Morgan fingerprint density at radius 1 is 1.38 bits per heavy atom. The minimum absolute atomic E-state index is 0.168. The quantitative estimate of drug-likeness (QED) is 0.569. The van der Waals surface area contributed by atoms with Gasteiger partial charge in [-0.25, -0.2) is 0 Å². The third-order valence-electron chi connectivity index (χ3n) is 2.79. The molecule has 112 valence electrons. The van der Waals surface area contributed by atoms with Crippen molar-refractivity contribution < 1.29 is 10.2 Å². The largest absolute Gasteiger partial charge is 0.394 e. The molecule has 1 aromatic carbocycles. The monoisotopic (exact) mass is 308 g/mol. The van der Waals surface area contributed by atoms with Gasteiger partial charge in [-0.1, -0.05) is 30.0 Å². The summed E-state index contributed by atoms with van der Waals surface area (Å²) in [5.41, 5.74) is 1.10. The summed E-state index contributed by atoms with van der Waals surface area (Å²) in [6.45, 7) is -0.167. The van der Waals surface area contributed by atoms with Crippen LogP contribution >= 0.6 is 11.8 Å². The van der Waals surface area contributed by atoms with Gasteiger partial charge in [0.15, 0.2) is 10.9 Å². The van der Waals surface area contributed by atoms with E-state index in [1.54, 1.807) is 30.5 Å². The minimum Gasteiger partial charge on any atom is -0.394 e. The maximum absolute atomic E-state index is 12.1. The van der Waals surface area contributed by atoms with Crippen LogP contribution in [0.4, 0.5) is 5.69 Å². The Kier molecular flexibility index (Phi) is 5.32. The Hall–Kier alpha value is -1.90. The summed E-state index contributed by atoms with van der Waals surface area (Å²) in [7, 11) is 0. The number of nitrogens with zero attached hydrogens (tertiary/aromatic N) is 2. The maximum Gasteiger partial charge on any atom is 0.278 e. The first-order valence-corrected chi connectivity index (χ1v) is 7.51. The Morgan fingerprint density at radius 2 is 2.14 bits per heavy atom. The van der Waals surface area contributed by atoms with Crippen LogP contribution in [0.1, 0.15) is 0 Å². The van der Waals surface area contributed by atoms with Gasteiger partial charge in [0.25, 0.3) is 5.56 Å². The van der Waals surface area contributed by atoms with Crippen molar-refractivity contribution in [2.75, 3.05) is 24.7 Å². The number of hydrogen-bond acceptors (Lipinski definition) is 7. The molecule has 0 aliphatic carbocycles. The molecule has 0 bridgehead atoms. The van der Waals surface area contributed by atoms with Gasteiger partial charge in [0.05, 0.1) is 12.7 Å². The highest BCUT2D eigenvalue weighted by Gasteiger charge is 2.12. The maximum atomic E-state index is 12.1. The van der Waals surface area contributed by atoms with E-state index in [0.29, 0.717) is 16.4 Å². The molecular weight excluding hydrogens is 292 g/mol. The summed E-state index contributed by atoms with van der Waals surface area (Å²) in [5.74, 6) is 0. The van der Waals surface area contributed by atoms with E-state index in [1.165, 1.54) is 11.8 Å². The molecular formula is C13H16N4O3S. The average Bonchev–Trinajstić information content (AvgIpc) is 2.52. The zero-order valence-electron chi connectivity index (χ0n) is 11.4. The van der Waals surface area contributed by atoms with Crippen molar-refractivity contribution in [1.29, 1.82) is 0 Å². The molecule has 0 aliphatic rings. The molecule has 0 radical (unpaired) electrons. The zero-order valence-corrected chi connectivity index (χ0v) is 12.2. The van der Waals surface area contributed by atoms with Gasteiger partial charge in [-0.05, 0) is 12.3 Å². The molecule has 1 unspecified atom stereocenters. The van der Waals surface area contributed by atoms with Crippen molar-refractivity contribution in [3.63, 3.8) is 0 Å². The second-order valence-electron chi connectivity index (χ2n) is 4.27. The van der Waals surface area contributed by atoms with Crippen molar-refractivity contribution in [2.24, 2.45) is 0 Å². The highest BCUT2D eigenvalue weighted by atomic mass is 32.2. The fourth-order valence-corrected chi connectivity index (χ4v) is 2.04. The summed E-state index contributed by atoms with van der Waals surface area (Å²) < 4.78 is 0. The molecule has 1 aromatic heterocycles. The smallest absolute Gasteiger partial charge is 0.278 e. The molecule has 0 aliphatic heterocycles. The fraction of sp³-hybridized carbons (Fsp3) is 0.308. The van der Waals surface area contributed by atoms with Gasteiger partial charge in [-0.2, -0.15) is 0 Å². The number of H-pyrrole nitrogens is 1. The number of aromatic amines is 1. The fourth-order valence-electron chi connectivity index (χ4n) is 1.73. The van der Waals surface area contributed by atoms with E-state index in [-0.39, 0.29) is 24.4 Å². The molecule has 0 saturated carbocycles. The van der Waals surface area contributed by atoms with E-state index >= 15 is 0 Å². The highest BCUT2D eigenvalue weighted by Crippen LogP contribution is 2.23. The predicted molar refractivity (Wildman–Crippen MR) is 81.5 cm³/mol. The molecule has 0 spiro atoms. The van der Waals surface area contributed by atoms with Gasteiger partial charge < -0.3 is 15.5 Å². The van der Waals surface area contributed by atoms with Crippen LogP contribution in [-0.4, -0.2) is 50.9 Å². The van der Waals surface area contributed by atoms with Crippen LogP contribution in [0.15, 0.2) is 34.2 Å². The van der Waals surface area contributed by atoms with Crippen LogP contribution in [0.3, 0.4) is 0 Å². The summed E-state index contributed by atoms with van der Waals surface area (Å²) in [6.07, 6.45) is 0.923. The van der Waals surface area contributed by atoms with Crippen molar-refractivity contribution in [2.45, 2.75) is 11.3 Å². The zero-order chi connectivity index (χ0) is 15.2. The van der Waals surface area contributed by atoms with Gasteiger partial charge in [-0.15, -0.1) is 10.2 Å². The van der Waals surface area contributed by atoms with Crippen LogP contribution in [0.5, 0.6) is 0 Å². The average molecular weight is 308 g/mol. The normalized spacial score (nSPS) is 12.1. The minimum atomic E-state index is -0.874. The first kappa shape index (κ1) is 15.5. The number of anilines is 1. The lowest BCUT2D eigenvalue weighted by atomic mass is 10.1. The molecule has 4 N–H and O–H groups in total. The molecule has 0 fully saturated rings. The van der Waals surface area contributed by atoms with Crippen molar-refractivity contribution >= 4 is 17.4 Å². The lowest BCUT2D eigenvalue weighted by molar-refractivity contribution is 0.105. The number of aliphatic hydroxyl groups is 2. The second kappa shape index (κ2) is 7.21. The first-order chi connectivity index (χ1) is 10.2. The van der Waals surface area contributed by atoms with E-state index < -0.39 is 6.10 Å². The number of nitrogens with one attached hydrogen (secondary N) is 2. The van der Waals surface area contributed by atoms with Gasteiger partial charge >= 0.3 is 0 Å². The van der Waals surface area contributed by atoms with Crippen LogP contribution in [-0.2, 0) is 0 Å². The molecule has 21 heavy (non-hydrogen) atoms. The Balaban J connectivity index is 2.33. The lowest BCUT2D eigenvalue weighted by Crippen LogP contribution is -2.23. The number of thioether (sulfide) groups is 1. The van der Waals surface area contributed by atoms with Crippen molar-refractivity contribution in [1.82, 2.24) is 15.2 Å². The van der Waals surface area contributed by atoms with Crippen LogP contribution in [0.25, 0.3) is 11.3 Å². The summed E-state index contributed by atoms with van der Waals surface area (Å²) in [4.78, 5) is 14.7. The van der Waals surface area contributed by atoms with E-state index in [1.807, 2.05) is 0 Å². The molecule has 2 rings (SSSR count). The van der Waals surface area contributed by atoms with E-state index in [2.05, 4.69) is 20.5 Å². The molecule has 1 atom stereocenters. The van der Waals surface area contributed by atoms with Gasteiger partial charge in [0.1, 0.15) is 0 Å². The number of benzene rings is 1. The van der Waals surface area contributed by atoms with E-state index in [9.17, 15) is 9.90 Å². The first-order valence-electron chi connectivity index (χ1n) is 6.29. The number of aromatic nitrogens is 3. The topological polar surface area (TPSA) is 111 Å². The molecule has 1 heterocycles. The van der Waals surface area contributed by atoms with Crippen molar-refractivity contribution in [3.05, 3.63) is 34.6 Å². The SMILES string of the molecule is CSc1nnc(-c2ccccc2NCC(O)CO)c(=O)[nH]1. The van der Waals surface area contributed by atoms with E-state index in [0.717, 1.165) is 0 Å². The Bertz CT molecular complexity index is 662. The molecule has 0 saturated heterocycles. The Morgan fingerprint density at radius 3 is 2.81 bits per heavy atom. The third kappa shape index (κ3) is 3.81. The Labute approximate surface area is 125 Å². The molecule has 8 heteroatoms. The molecule has 2 aromatic rings. The molecule has 0 amide bonds. The predicted octanol–water partition coefficient (Wildman–Crippen LogP) is 0.319. The third-order valence-corrected chi connectivity index (χ3v) is 3.36. The van der Waals surface area contributed by atoms with Gasteiger partial charge in [0.2, 0.25) is 0 Å². The highest BCUT2D eigenvalue weighted by molar-refractivity contribution is 7.98. The summed E-state index contributed by atoms with van der Waals surface area (Å²) in [6, 6.07) is 7.09. The second-order valence-corrected chi connectivity index (χ2v) is 5.07. The summed E-state index contributed by atoms with van der Waals surface area (Å²) in [5, 5.41) is 29.5. The van der Waals surface area contributed by atoms with Crippen molar-refractivity contribution in [3.8, 4) is 11.3 Å². The van der Waals surface area contributed by atoms with Crippen LogP contribution in [0.2, 0.25) is 0 Å².